The molecule has 1 saturated heterocycles. The van der Waals surface area contributed by atoms with Crippen molar-refractivity contribution < 1.29 is 34.5 Å². The molecule has 3 atom stereocenters. The number of carboxylic acids is 2. The molecule has 12 heteroatoms. The van der Waals surface area contributed by atoms with E-state index < -0.39 is 24.1 Å². The number of halogens is 1. The topological polar surface area (TPSA) is 173 Å². The van der Waals surface area contributed by atoms with Gasteiger partial charge in [0.05, 0.1) is 23.4 Å². The molecule has 1 aliphatic carbocycles. The van der Waals surface area contributed by atoms with Crippen LogP contribution in [0.2, 0.25) is 5.02 Å². The van der Waals surface area contributed by atoms with Crippen LogP contribution >= 0.6 is 11.6 Å². The molecule has 2 aliphatic rings. The van der Waals surface area contributed by atoms with E-state index in [1.165, 1.54) is 6.42 Å². The normalized spacial score (nSPS) is 19.8. The molecule has 0 spiro atoms. The summed E-state index contributed by atoms with van der Waals surface area (Å²) in [7, 11) is 0. The van der Waals surface area contributed by atoms with Crippen LogP contribution in [-0.4, -0.2) is 87.3 Å². The Morgan fingerprint density at radius 1 is 1.09 bits per heavy atom. The first-order chi connectivity index (χ1) is 20.1. The van der Waals surface area contributed by atoms with E-state index in [2.05, 4.69) is 19.2 Å². The van der Waals surface area contributed by atoms with Crippen molar-refractivity contribution in [3.05, 3.63) is 41.4 Å². The Bertz CT molecular complexity index is 1120. The van der Waals surface area contributed by atoms with E-state index in [4.69, 9.17) is 27.5 Å². The second-order valence-corrected chi connectivity index (χ2v) is 12.7. The van der Waals surface area contributed by atoms with Gasteiger partial charge in [0.2, 0.25) is 11.8 Å². The fourth-order valence-corrected chi connectivity index (χ4v) is 5.67. The maximum atomic E-state index is 13.0. The van der Waals surface area contributed by atoms with E-state index in [1.54, 1.807) is 11.0 Å². The first kappa shape index (κ1) is 36.2. The van der Waals surface area contributed by atoms with Gasteiger partial charge >= 0.3 is 11.9 Å². The highest BCUT2D eigenvalue weighted by Crippen LogP contribution is 2.31. The number of hydrogen-bond acceptors (Lipinski definition) is 7. The number of nitrogens with one attached hydrogen (secondary N) is 1. The summed E-state index contributed by atoms with van der Waals surface area (Å²) in [6.07, 6.45) is 6.19. The number of anilines is 1. The van der Waals surface area contributed by atoms with Crippen molar-refractivity contribution in [2.24, 2.45) is 17.6 Å². The number of benzene rings is 1. The van der Waals surface area contributed by atoms with E-state index in [9.17, 15) is 24.3 Å². The van der Waals surface area contributed by atoms with Gasteiger partial charge in [0.15, 0.2) is 0 Å². The minimum Gasteiger partial charge on any atom is -0.478 e. The van der Waals surface area contributed by atoms with Crippen LogP contribution in [0.1, 0.15) is 66.2 Å². The van der Waals surface area contributed by atoms with Crippen molar-refractivity contribution in [1.82, 2.24) is 10.2 Å². The number of piperazine rings is 1. The average molecular weight is 623 g/mol. The molecule has 1 aromatic rings. The molecule has 0 radical (unpaired) electrons. The number of aliphatic carboxylic acids is 2. The number of aliphatic hydroxyl groups excluding tert-OH is 1. The molecule has 0 bridgehead atoms. The predicted molar refractivity (Wildman–Crippen MR) is 166 cm³/mol. The fourth-order valence-electron chi connectivity index (χ4n) is 5.43. The summed E-state index contributed by atoms with van der Waals surface area (Å²) in [5.74, 6) is -2.75. The third kappa shape index (κ3) is 11.6. The summed E-state index contributed by atoms with van der Waals surface area (Å²) in [4.78, 5) is 48.9. The second kappa shape index (κ2) is 16.7. The summed E-state index contributed by atoms with van der Waals surface area (Å²) in [6.45, 7) is 9.18. The van der Waals surface area contributed by atoms with E-state index >= 15 is 0 Å². The largest absolute Gasteiger partial charge is 0.478 e. The minimum atomic E-state index is -1.26. The number of rotatable bonds is 11. The van der Waals surface area contributed by atoms with Gasteiger partial charge in [0, 0.05) is 48.8 Å². The molecular formula is C31H47ClN4O7. The van der Waals surface area contributed by atoms with E-state index in [0.717, 1.165) is 25.7 Å². The molecular weight excluding hydrogens is 576 g/mol. The van der Waals surface area contributed by atoms with Gasteiger partial charge in [-0.25, -0.2) is 9.59 Å². The van der Waals surface area contributed by atoms with Crippen molar-refractivity contribution >= 4 is 41.0 Å². The number of para-hydroxylation sites is 1. The standard InChI is InChI=1S/C27H43ClN4O3.C4H4O4/c1-18(2)20(26(35)30-19-10-6-5-7-11-19)14-24(33)22(29)15-31-16-25(34)32(17-27(31,3)4)23-13-9-8-12-21(23)28;5-3(6)1-2-4(7)8/h8-9,12-13,18-20,22,24,33H,5-7,10-11,14-17,29H2,1-4H3,(H,30,35);1-2H,(H,5,6)(H,7,8)/b;2-1+/t20-,22-,24-;/m0./s1. The summed E-state index contributed by atoms with van der Waals surface area (Å²) < 4.78 is 0. The number of carbonyl (C=O) groups is 4. The van der Waals surface area contributed by atoms with Crippen molar-refractivity contribution in [3.63, 3.8) is 0 Å². The smallest absolute Gasteiger partial charge is 0.328 e. The Kier molecular flexibility index (Phi) is 14.1. The van der Waals surface area contributed by atoms with Gasteiger partial charge in [0.25, 0.3) is 0 Å². The molecule has 0 unspecified atom stereocenters. The molecule has 3 rings (SSSR count). The van der Waals surface area contributed by atoms with Crippen molar-refractivity contribution in [3.8, 4) is 0 Å². The molecule has 1 aliphatic heterocycles. The molecule has 1 heterocycles. The molecule has 0 aromatic heterocycles. The van der Waals surface area contributed by atoms with Crippen LogP contribution in [-0.2, 0) is 19.2 Å². The number of carbonyl (C=O) groups excluding carboxylic acids is 2. The Morgan fingerprint density at radius 3 is 2.21 bits per heavy atom. The lowest BCUT2D eigenvalue weighted by Crippen LogP contribution is -2.64. The van der Waals surface area contributed by atoms with Gasteiger partial charge in [-0.15, -0.1) is 0 Å². The van der Waals surface area contributed by atoms with E-state index in [1.807, 2.05) is 36.9 Å². The third-order valence-corrected chi connectivity index (χ3v) is 8.37. The average Bonchev–Trinajstić information content (AvgIpc) is 2.93. The Hall–Kier alpha value is -2.99. The Balaban J connectivity index is 0.000000708. The zero-order valence-electron chi connectivity index (χ0n) is 25.5. The Labute approximate surface area is 259 Å². The van der Waals surface area contributed by atoms with Crippen LogP contribution in [0.3, 0.4) is 0 Å². The van der Waals surface area contributed by atoms with Gasteiger partial charge in [-0.3, -0.25) is 14.5 Å². The number of carboxylic acid groups (broad SMARTS) is 2. The second-order valence-electron chi connectivity index (χ2n) is 12.3. The molecule has 6 N–H and O–H groups in total. The molecule has 2 amide bonds. The van der Waals surface area contributed by atoms with Gasteiger partial charge in [-0.05, 0) is 51.2 Å². The summed E-state index contributed by atoms with van der Waals surface area (Å²) in [5, 5.41) is 30.4. The van der Waals surface area contributed by atoms with E-state index in [0.29, 0.717) is 42.4 Å². The van der Waals surface area contributed by atoms with Crippen LogP contribution < -0.4 is 16.0 Å². The zero-order chi connectivity index (χ0) is 32.3. The number of amides is 2. The summed E-state index contributed by atoms with van der Waals surface area (Å²) in [5.41, 5.74) is 6.80. The monoisotopic (exact) mass is 622 g/mol. The lowest BCUT2D eigenvalue weighted by atomic mass is 9.86. The molecule has 2 fully saturated rings. The third-order valence-electron chi connectivity index (χ3n) is 8.05. The van der Waals surface area contributed by atoms with Crippen LogP contribution in [0.4, 0.5) is 5.69 Å². The van der Waals surface area contributed by atoms with Gasteiger partial charge in [-0.1, -0.05) is 56.8 Å². The molecule has 240 valence electrons. The minimum absolute atomic E-state index is 0.0158. The van der Waals surface area contributed by atoms with Gasteiger partial charge < -0.3 is 31.3 Å². The predicted octanol–water partition coefficient (Wildman–Crippen LogP) is 3.28. The summed E-state index contributed by atoms with van der Waals surface area (Å²) >= 11 is 6.35. The first-order valence-electron chi connectivity index (χ1n) is 14.8. The van der Waals surface area contributed by atoms with Crippen molar-refractivity contribution in [1.29, 1.82) is 0 Å². The fraction of sp³-hybridized carbons (Fsp3) is 0.613. The highest BCUT2D eigenvalue weighted by Gasteiger charge is 2.40. The molecule has 1 saturated carbocycles. The van der Waals surface area contributed by atoms with Crippen LogP contribution in [0.25, 0.3) is 0 Å². The number of nitrogens with zero attached hydrogens (tertiary/aromatic N) is 2. The van der Waals surface area contributed by atoms with Crippen LogP contribution in [0.5, 0.6) is 0 Å². The summed E-state index contributed by atoms with van der Waals surface area (Å²) in [6, 6.07) is 7.02. The number of nitrogens with two attached hydrogens (primary N) is 1. The van der Waals surface area contributed by atoms with Crippen LogP contribution in [0, 0.1) is 11.8 Å². The maximum Gasteiger partial charge on any atom is 0.328 e. The SMILES string of the molecule is CC(C)[C@H](C[C@H](O)[C@@H](N)CN1CC(=O)N(c2ccccc2Cl)CC1(C)C)C(=O)NC1CCCCC1.O=C(O)/C=C/C(=O)O. The highest BCUT2D eigenvalue weighted by atomic mass is 35.5. The molecule has 43 heavy (non-hydrogen) atoms. The lowest BCUT2D eigenvalue weighted by molar-refractivity contribution is -0.134. The van der Waals surface area contributed by atoms with Crippen molar-refractivity contribution in [2.75, 3.05) is 24.5 Å². The number of aliphatic hydroxyl groups is 1. The zero-order valence-corrected chi connectivity index (χ0v) is 26.3. The quantitative estimate of drug-likeness (QED) is 0.232. The van der Waals surface area contributed by atoms with Gasteiger partial charge in [-0.2, -0.15) is 0 Å². The molecule has 11 nitrogen and oxygen atoms in total. The van der Waals surface area contributed by atoms with Gasteiger partial charge in [0.1, 0.15) is 0 Å². The Morgan fingerprint density at radius 2 is 1.67 bits per heavy atom. The van der Waals surface area contributed by atoms with Crippen molar-refractivity contribution in [2.45, 2.75) is 89.9 Å². The lowest BCUT2D eigenvalue weighted by Gasteiger charge is -2.48. The maximum absolute atomic E-state index is 13.0. The highest BCUT2D eigenvalue weighted by molar-refractivity contribution is 6.33. The van der Waals surface area contributed by atoms with Crippen LogP contribution in [0.15, 0.2) is 36.4 Å². The first-order valence-corrected chi connectivity index (χ1v) is 15.2. The molecule has 1 aromatic carbocycles. The van der Waals surface area contributed by atoms with E-state index in [-0.39, 0.29) is 41.8 Å². The number of hydrogen-bond donors (Lipinski definition) is 5.